The van der Waals surface area contributed by atoms with Crippen molar-refractivity contribution in [1.82, 2.24) is 9.97 Å². The van der Waals surface area contributed by atoms with Crippen molar-refractivity contribution in [2.75, 3.05) is 30.7 Å². The van der Waals surface area contributed by atoms with Crippen LogP contribution < -0.4 is 19.7 Å². The number of ketones is 1. The average Bonchev–Trinajstić information content (AvgIpc) is 2.94. The number of benzene rings is 2. The first-order valence-electron chi connectivity index (χ1n) is 12.2. The van der Waals surface area contributed by atoms with Gasteiger partial charge in [0.05, 0.1) is 43.9 Å². The molecular formula is C29H31N5O5S. The molecule has 0 saturated heterocycles. The molecule has 1 aromatic heterocycles. The number of nitrogens with one attached hydrogen (secondary N) is 1. The summed E-state index contributed by atoms with van der Waals surface area (Å²) in [5, 5.41) is 12.4. The van der Waals surface area contributed by atoms with Gasteiger partial charge in [-0.05, 0) is 32.6 Å². The van der Waals surface area contributed by atoms with Crippen LogP contribution in [0, 0.1) is 11.3 Å². The minimum atomic E-state index is -0.721. The molecule has 0 aliphatic heterocycles. The molecule has 0 unspecified atom stereocenters. The number of rotatable bonds is 10. The number of aromatic nitrogens is 2. The van der Waals surface area contributed by atoms with Crippen LogP contribution in [0.1, 0.15) is 42.4 Å². The Morgan fingerprint density at radius 3 is 2.23 bits per heavy atom. The largest absolute Gasteiger partial charge is 0.496 e. The van der Waals surface area contributed by atoms with Gasteiger partial charge >= 0.3 is 6.09 Å². The van der Waals surface area contributed by atoms with Crippen LogP contribution in [0.3, 0.4) is 0 Å². The second-order valence-electron chi connectivity index (χ2n) is 9.38. The van der Waals surface area contributed by atoms with Crippen molar-refractivity contribution in [3.8, 4) is 17.6 Å². The maximum absolute atomic E-state index is 13.5. The Bertz CT molecular complexity index is 1390. The molecule has 208 valence electrons. The third-order valence-electron chi connectivity index (χ3n) is 5.35. The highest BCUT2D eigenvalue weighted by Gasteiger charge is 2.27. The average molecular weight is 562 g/mol. The SMILES string of the molecule is COc1cc(N(Cc2ccccc2)C(=O)OC(C)(C)C)cc(OC)c1C(=O)C=C(Nc1cnc(C#N)cn1)SC. The summed E-state index contributed by atoms with van der Waals surface area (Å²) in [5.74, 6) is 0.410. The van der Waals surface area contributed by atoms with E-state index in [2.05, 4.69) is 15.3 Å². The van der Waals surface area contributed by atoms with Crippen molar-refractivity contribution in [3.63, 3.8) is 0 Å². The minimum absolute atomic E-state index is 0.178. The molecule has 1 heterocycles. The molecule has 11 heteroatoms. The van der Waals surface area contributed by atoms with Gasteiger partial charge in [-0.25, -0.2) is 14.8 Å². The van der Waals surface area contributed by atoms with Crippen LogP contribution >= 0.6 is 11.8 Å². The van der Waals surface area contributed by atoms with E-state index < -0.39 is 17.5 Å². The standard InChI is InChI=1S/C29H31N5O5S/c1-29(2,3)39-28(36)34(18-19-10-8-7-9-11-19)21-12-23(37-4)27(24(13-21)38-5)22(35)14-26(40-6)33-25-17-31-20(15-30)16-32-25/h7-14,16-17H,18H2,1-6H3,(H,32,33). The Hall–Kier alpha value is -4.56. The minimum Gasteiger partial charge on any atom is -0.496 e. The third-order valence-corrected chi connectivity index (χ3v) is 6.01. The Morgan fingerprint density at radius 1 is 1.07 bits per heavy atom. The predicted molar refractivity (Wildman–Crippen MR) is 155 cm³/mol. The van der Waals surface area contributed by atoms with Crippen LogP contribution in [0.25, 0.3) is 0 Å². The zero-order valence-electron chi connectivity index (χ0n) is 23.2. The van der Waals surface area contributed by atoms with E-state index in [1.807, 2.05) is 36.4 Å². The number of amides is 1. The van der Waals surface area contributed by atoms with Crippen LogP contribution in [-0.2, 0) is 11.3 Å². The van der Waals surface area contributed by atoms with Gasteiger partial charge in [0, 0.05) is 18.2 Å². The van der Waals surface area contributed by atoms with Gasteiger partial charge in [-0.15, -0.1) is 11.8 Å². The number of anilines is 2. The lowest BCUT2D eigenvalue weighted by Gasteiger charge is -2.28. The van der Waals surface area contributed by atoms with Gasteiger partial charge < -0.3 is 19.5 Å². The van der Waals surface area contributed by atoms with Gasteiger partial charge in [-0.3, -0.25) is 9.69 Å². The zero-order chi connectivity index (χ0) is 29.3. The van der Waals surface area contributed by atoms with Gasteiger partial charge in [0.15, 0.2) is 11.5 Å². The van der Waals surface area contributed by atoms with Crippen LogP contribution in [0.4, 0.5) is 16.3 Å². The maximum atomic E-state index is 13.5. The second-order valence-corrected chi connectivity index (χ2v) is 10.2. The van der Waals surface area contributed by atoms with E-state index in [9.17, 15) is 9.59 Å². The summed E-state index contributed by atoms with van der Waals surface area (Å²) >= 11 is 1.29. The Labute approximate surface area is 238 Å². The van der Waals surface area contributed by atoms with Crippen LogP contribution in [0.5, 0.6) is 11.5 Å². The lowest BCUT2D eigenvalue weighted by Crippen LogP contribution is -2.36. The lowest BCUT2D eigenvalue weighted by atomic mass is 10.1. The number of ether oxygens (including phenoxy) is 3. The molecule has 0 spiro atoms. The van der Waals surface area contributed by atoms with Crippen molar-refractivity contribution in [2.45, 2.75) is 32.9 Å². The number of hydrogen-bond acceptors (Lipinski definition) is 10. The number of methoxy groups -OCH3 is 2. The van der Waals surface area contributed by atoms with Gasteiger partial charge in [0.2, 0.25) is 0 Å². The van der Waals surface area contributed by atoms with Gasteiger partial charge in [0.1, 0.15) is 34.6 Å². The molecule has 10 nitrogen and oxygen atoms in total. The van der Waals surface area contributed by atoms with E-state index in [1.165, 1.54) is 49.4 Å². The van der Waals surface area contributed by atoms with Gasteiger partial charge in [-0.2, -0.15) is 5.26 Å². The highest BCUT2D eigenvalue weighted by atomic mass is 32.2. The summed E-state index contributed by atoms with van der Waals surface area (Å²) in [4.78, 5) is 36.3. The molecule has 0 atom stereocenters. The van der Waals surface area contributed by atoms with Gasteiger partial charge in [-0.1, -0.05) is 30.3 Å². The highest BCUT2D eigenvalue weighted by molar-refractivity contribution is 8.02. The predicted octanol–water partition coefficient (Wildman–Crippen LogP) is 5.81. The van der Waals surface area contributed by atoms with Crippen LogP contribution in [-0.4, -0.2) is 47.9 Å². The fourth-order valence-electron chi connectivity index (χ4n) is 3.55. The molecule has 0 aliphatic rings. The van der Waals surface area contributed by atoms with E-state index in [0.717, 1.165) is 5.56 Å². The first-order chi connectivity index (χ1) is 19.1. The summed E-state index contributed by atoms with van der Waals surface area (Å²) in [5.41, 5.74) is 0.955. The molecule has 0 radical (unpaired) electrons. The number of nitriles is 1. The first kappa shape index (κ1) is 30.0. The van der Waals surface area contributed by atoms with E-state index in [-0.39, 0.29) is 29.3 Å². The number of thioether (sulfide) groups is 1. The first-order valence-corrected chi connectivity index (χ1v) is 13.4. The summed E-state index contributed by atoms with van der Waals surface area (Å²) < 4.78 is 16.9. The Morgan fingerprint density at radius 2 is 1.73 bits per heavy atom. The van der Waals surface area contributed by atoms with E-state index in [0.29, 0.717) is 16.5 Å². The summed E-state index contributed by atoms with van der Waals surface area (Å²) in [7, 11) is 2.88. The summed E-state index contributed by atoms with van der Waals surface area (Å²) in [6, 6.07) is 14.6. The molecule has 3 rings (SSSR count). The van der Waals surface area contributed by atoms with Crippen LogP contribution in [0.15, 0.2) is 66.0 Å². The van der Waals surface area contributed by atoms with Crippen molar-refractivity contribution in [3.05, 3.63) is 82.8 Å². The number of carbonyl (C=O) groups is 2. The summed E-state index contributed by atoms with van der Waals surface area (Å²) in [6.45, 7) is 5.60. The van der Waals surface area contributed by atoms with E-state index in [4.69, 9.17) is 19.5 Å². The number of hydrogen-bond donors (Lipinski definition) is 1. The number of carbonyl (C=O) groups excluding carboxylic acids is 2. The molecule has 0 fully saturated rings. The van der Waals surface area contributed by atoms with Gasteiger partial charge in [0.25, 0.3) is 0 Å². The normalized spacial score (nSPS) is 11.3. The fraction of sp³-hybridized carbons (Fsp3) is 0.276. The smallest absolute Gasteiger partial charge is 0.415 e. The van der Waals surface area contributed by atoms with Crippen molar-refractivity contribution in [2.24, 2.45) is 0 Å². The fourth-order valence-corrected chi connectivity index (χ4v) is 3.99. The Kier molecular flexibility index (Phi) is 10.1. The topological polar surface area (TPSA) is 127 Å². The molecular weight excluding hydrogens is 530 g/mol. The molecule has 1 amide bonds. The molecule has 1 N–H and O–H groups in total. The molecule has 0 saturated carbocycles. The Balaban J connectivity index is 2.01. The van der Waals surface area contributed by atoms with E-state index in [1.54, 1.807) is 39.2 Å². The maximum Gasteiger partial charge on any atom is 0.415 e. The van der Waals surface area contributed by atoms with E-state index >= 15 is 0 Å². The molecule has 40 heavy (non-hydrogen) atoms. The highest BCUT2D eigenvalue weighted by Crippen LogP contribution is 2.37. The lowest BCUT2D eigenvalue weighted by molar-refractivity contribution is 0.0577. The van der Waals surface area contributed by atoms with Crippen molar-refractivity contribution in [1.29, 1.82) is 5.26 Å². The van der Waals surface area contributed by atoms with Crippen LogP contribution in [0.2, 0.25) is 0 Å². The number of allylic oxidation sites excluding steroid dienone is 1. The van der Waals surface area contributed by atoms with Crippen molar-refractivity contribution < 1.29 is 23.8 Å². The van der Waals surface area contributed by atoms with Crippen molar-refractivity contribution >= 4 is 35.1 Å². The monoisotopic (exact) mass is 561 g/mol. The molecule has 0 bridgehead atoms. The third kappa shape index (κ3) is 7.97. The molecule has 0 aliphatic carbocycles. The quantitative estimate of drug-likeness (QED) is 0.239. The second kappa shape index (κ2) is 13.5. The number of nitrogens with zero attached hydrogens (tertiary/aromatic N) is 4. The zero-order valence-corrected chi connectivity index (χ0v) is 24.0. The molecule has 3 aromatic rings. The molecule has 2 aromatic carbocycles. The summed E-state index contributed by atoms with van der Waals surface area (Å²) in [6.07, 6.45) is 5.36.